The number of fused-ring (bicyclic) bond motifs is 2. The van der Waals surface area contributed by atoms with Gasteiger partial charge in [0.25, 0.3) is 0 Å². The average Bonchev–Trinajstić information content (AvgIpc) is 2.87. The van der Waals surface area contributed by atoms with Gasteiger partial charge in [-0.25, -0.2) is 0 Å². The third-order valence-electron chi connectivity index (χ3n) is 3.91. The summed E-state index contributed by atoms with van der Waals surface area (Å²) in [7, 11) is 3.50. The maximum atomic E-state index is 11.1. The van der Waals surface area contributed by atoms with Crippen LogP contribution in [0.3, 0.4) is 0 Å². The second kappa shape index (κ2) is 4.86. The number of carbonyl (C=O) groups is 1. The Morgan fingerprint density at radius 2 is 2.35 bits per heavy atom. The zero-order chi connectivity index (χ0) is 14.3. The molecule has 2 aliphatic rings. The largest absolute Gasteiger partial charge is 0.492 e. The Labute approximate surface area is 116 Å². The molecule has 0 bridgehead atoms. The molecule has 0 fully saturated rings. The molecule has 1 aromatic carbocycles. The van der Waals surface area contributed by atoms with Crippen LogP contribution in [0.1, 0.15) is 23.6 Å². The fraction of sp³-hybridized carbons (Fsp3) is 0.500. The first kappa shape index (κ1) is 13.1. The molecule has 1 N–H and O–H groups in total. The third kappa shape index (κ3) is 1.96. The molecule has 108 valence electrons. The molecule has 0 saturated heterocycles. The minimum atomic E-state index is -0.825. The van der Waals surface area contributed by atoms with E-state index in [1.165, 1.54) is 0 Å². The highest BCUT2D eigenvalue weighted by Gasteiger charge is 2.34. The van der Waals surface area contributed by atoms with Crippen molar-refractivity contribution >= 4 is 5.97 Å². The van der Waals surface area contributed by atoms with E-state index in [0.29, 0.717) is 17.2 Å². The number of carboxylic acid groups (broad SMARTS) is 1. The van der Waals surface area contributed by atoms with Crippen LogP contribution in [0.25, 0.3) is 0 Å². The van der Waals surface area contributed by atoms with Gasteiger partial charge in [0.1, 0.15) is 0 Å². The topological polar surface area (TPSA) is 68.2 Å². The maximum Gasteiger partial charge on any atom is 0.305 e. The van der Waals surface area contributed by atoms with Gasteiger partial charge in [0.15, 0.2) is 11.5 Å². The molecule has 1 atom stereocenters. The van der Waals surface area contributed by atoms with Crippen molar-refractivity contribution < 1.29 is 24.1 Å². The molecule has 20 heavy (non-hydrogen) atoms. The van der Waals surface area contributed by atoms with Crippen molar-refractivity contribution in [2.75, 3.05) is 27.5 Å². The first-order chi connectivity index (χ1) is 9.61. The van der Waals surface area contributed by atoms with Crippen LogP contribution < -0.4 is 14.2 Å². The van der Waals surface area contributed by atoms with E-state index < -0.39 is 5.97 Å². The summed E-state index contributed by atoms with van der Waals surface area (Å²) < 4.78 is 16.4. The Balaban J connectivity index is 2.14. The number of ether oxygens (including phenoxy) is 3. The molecule has 0 radical (unpaired) electrons. The van der Waals surface area contributed by atoms with Crippen LogP contribution in [0.2, 0.25) is 0 Å². The number of hydrogen-bond donors (Lipinski definition) is 1. The van der Waals surface area contributed by atoms with Gasteiger partial charge in [-0.15, -0.1) is 0 Å². The molecule has 0 aliphatic carbocycles. The van der Waals surface area contributed by atoms with Crippen LogP contribution in [-0.2, 0) is 11.2 Å². The quantitative estimate of drug-likeness (QED) is 0.902. The summed E-state index contributed by atoms with van der Waals surface area (Å²) in [6, 6.07) is 1.74. The molecule has 6 heteroatoms. The summed E-state index contributed by atoms with van der Waals surface area (Å²) in [5.74, 6) is 1.04. The van der Waals surface area contributed by atoms with Gasteiger partial charge >= 0.3 is 5.97 Å². The summed E-state index contributed by atoms with van der Waals surface area (Å²) in [5, 5.41) is 9.14. The molecule has 0 amide bonds. The zero-order valence-electron chi connectivity index (χ0n) is 11.5. The van der Waals surface area contributed by atoms with Gasteiger partial charge in [-0.1, -0.05) is 0 Å². The van der Waals surface area contributed by atoms with Gasteiger partial charge < -0.3 is 19.3 Å². The van der Waals surface area contributed by atoms with E-state index in [1.807, 2.05) is 18.0 Å². The van der Waals surface area contributed by atoms with E-state index >= 15 is 0 Å². The summed E-state index contributed by atoms with van der Waals surface area (Å²) >= 11 is 0. The fourth-order valence-electron chi connectivity index (χ4n) is 2.95. The molecule has 2 heterocycles. The van der Waals surface area contributed by atoms with E-state index in [1.54, 1.807) is 7.11 Å². The molecular formula is C14H17NO5. The zero-order valence-corrected chi connectivity index (χ0v) is 11.5. The fourth-order valence-corrected chi connectivity index (χ4v) is 2.95. The molecule has 0 saturated carbocycles. The molecule has 3 rings (SSSR count). The minimum absolute atomic E-state index is 0.0412. The lowest BCUT2D eigenvalue weighted by atomic mass is 9.89. The lowest BCUT2D eigenvalue weighted by Gasteiger charge is -2.35. The normalized spacial score (nSPS) is 20.6. The second-order valence-corrected chi connectivity index (χ2v) is 5.06. The third-order valence-corrected chi connectivity index (χ3v) is 3.91. The highest BCUT2D eigenvalue weighted by molar-refractivity contribution is 5.70. The Kier molecular flexibility index (Phi) is 3.17. The molecule has 2 aliphatic heterocycles. The molecule has 0 aromatic heterocycles. The van der Waals surface area contributed by atoms with Gasteiger partial charge in [-0.05, 0) is 25.1 Å². The van der Waals surface area contributed by atoms with Crippen molar-refractivity contribution in [3.05, 3.63) is 17.2 Å². The number of aliphatic carboxylic acids is 1. The Morgan fingerprint density at radius 1 is 1.55 bits per heavy atom. The van der Waals surface area contributed by atoms with Crippen molar-refractivity contribution in [3.8, 4) is 17.2 Å². The lowest BCUT2D eigenvalue weighted by Crippen LogP contribution is -2.34. The standard InChI is InChI=1S/C14H17NO5/c1-15-4-3-8-5-10-13(20-7-19-10)14(18-2)12(8)9(15)6-11(16)17/h5,9H,3-4,6-7H2,1-2H3,(H,16,17). The van der Waals surface area contributed by atoms with Crippen molar-refractivity contribution in [1.82, 2.24) is 4.90 Å². The summed E-state index contributed by atoms with van der Waals surface area (Å²) in [6.07, 6.45) is 0.883. The van der Waals surface area contributed by atoms with E-state index in [2.05, 4.69) is 0 Å². The van der Waals surface area contributed by atoms with Gasteiger partial charge in [0, 0.05) is 18.2 Å². The SMILES string of the molecule is COc1c2c(cc3c1C(CC(=O)O)N(C)CC3)OCO2. The van der Waals surface area contributed by atoms with Crippen molar-refractivity contribution in [1.29, 1.82) is 0 Å². The second-order valence-electron chi connectivity index (χ2n) is 5.06. The maximum absolute atomic E-state index is 11.1. The molecule has 0 spiro atoms. The predicted molar refractivity (Wildman–Crippen MR) is 70.4 cm³/mol. The minimum Gasteiger partial charge on any atom is -0.492 e. The first-order valence-corrected chi connectivity index (χ1v) is 6.53. The summed E-state index contributed by atoms with van der Waals surface area (Å²) in [4.78, 5) is 13.2. The molecule has 6 nitrogen and oxygen atoms in total. The van der Waals surface area contributed by atoms with Gasteiger partial charge in [0.05, 0.1) is 13.5 Å². The smallest absolute Gasteiger partial charge is 0.305 e. The van der Waals surface area contributed by atoms with Gasteiger partial charge in [-0.3, -0.25) is 9.69 Å². The van der Waals surface area contributed by atoms with Gasteiger partial charge in [0.2, 0.25) is 12.5 Å². The average molecular weight is 279 g/mol. The monoisotopic (exact) mass is 279 g/mol. The van der Waals surface area contributed by atoms with Gasteiger partial charge in [-0.2, -0.15) is 0 Å². The van der Waals surface area contributed by atoms with Crippen LogP contribution in [-0.4, -0.2) is 43.5 Å². The van der Waals surface area contributed by atoms with Crippen LogP contribution in [0.15, 0.2) is 6.07 Å². The highest BCUT2D eigenvalue weighted by Crippen LogP contribution is 2.49. The summed E-state index contributed by atoms with van der Waals surface area (Å²) in [5.41, 5.74) is 1.99. The van der Waals surface area contributed by atoms with Crippen molar-refractivity contribution in [2.24, 2.45) is 0 Å². The number of methoxy groups -OCH3 is 1. The van der Waals surface area contributed by atoms with Crippen LogP contribution in [0.4, 0.5) is 0 Å². The number of carboxylic acids is 1. The van der Waals surface area contributed by atoms with Crippen molar-refractivity contribution in [3.63, 3.8) is 0 Å². The number of rotatable bonds is 3. The summed E-state index contributed by atoms with van der Waals surface area (Å²) in [6.45, 7) is 0.988. The number of hydrogen-bond acceptors (Lipinski definition) is 5. The van der Waals surface area contributed by atoms with Crippen LogP contribution >= 0.6 is 0 Å². The Bertz CT molecular complexity index is 557. The Morgan fingerprint density at radius 3 is 3.05 bits per heavy atom. The van der Waals surface area contributed by atoms with Crippen molar-refractivity contribution in [2.45, 2.75) is 18.9 Å². The number of nitrogens with zero attached hydrogens (tertiary/aromatic N) is 1. The first-order valence-electron chi connectivity index (χ1n) is 6.53. The van der Waals surface area contributed by atoms with Crippen LogP contribution in [0.5, 0.6) is 17.2 Å². The lowest BCUT2D eigenvalue weighted by molar-refractivity contribution is -0.138. The highest BCUT2D eigenvalue weighted by atomic mass is 16.7. The van der Waals surface area contributed by atoms with E-state index in [-0.39, 0.29) is 19.3 Å². The Hall–Kier alpha value is -1.95. The number of benzene rings is 1. The van der Waals surface area contributed by atoms with Crippen LogP contribution in [0, 0.1) is 0 Å². The predicted octanol–water partition coefficient (Wildman–Crippen LogP) is 1.43. The molecular weight excluding hydrogens is 262 g/mol. The molecule has 1 aromatic rings. The van der Waals surface area contributed by atoms with E-state index in [4.69, 9.17) is 19.3 Å². The molecule has 1 unspecified atom stereocenters. The van der Waals surface area contributed by atoms with E-state index in [0.717, 1.165) is 24.1 Å². The number of likely N-dealkylation sites (N-methyl/N-ethyl adjacent to an activating group) is 1. The van der Waals surface area contributed by atoms with E-state index in [9.17, 15) is 4.79 Å².